The molecule has 0 fully saturated rings. The van der Waals surface area contributed by atoms with E-state index in [0.717, 1.165) is 22.4 Å². The molecule has 3 heterocycles. The van der Waals surface area contributed by atoms with E-state index < -0.39 is 5.91 Å². The Labute approximate surface area is 180 Å². The molecular weight excluding hydrogens is 390 g/mol. The lowest BCUT2D eigenvalue weighted by atomic mass is 9.80. The molecule has 1 aromatic carbocycles. The topological polar surface area (TPSA) is 110 Å². The molecule has 31 heavy (non-hydrogen) atoms. The van der Waals surface area contributed by atoms with Gasteiger partial charge in [0.2, 0.25) is 11.8 Å². The molecule has 0 saturated carbocycles. The predicted molar refractivity (Wildman–Crippen MR) is 118 cm³/mol. The molecule has 4 N–H and O–H groups in total. The Morgan fingerprint density at radius 2 is 1.74 bits per heavy atom. The average Bonchev–Trinajstić information content (AvgIpc) is 2.79. The van der Waals surface area contributed by atoms with Crippen LogP contribution in [0.5, 0.6) is 0 Å². The zero-order valence-electron chi connectivity index (χ0n) is 16.9. The van der Waals surface area contributed by atoms with Gasteiger partial charge in [-0.05, 0) is 29.3 Å². The first-order valence-electron chi connectivity index (χ1n) is 10.1. The smallest absolute Gasteiger partial charge is 0.247 e. The van der Waals surface area contributed by atoms with Crippen molar-refractivity contribution in [3.05, 3.63) is 101 Å². The van der Waals surface area contributed by atoms with Gasteiger partial charge in [0, 0.05) is 54.3 Å². The number of primary amides is 1. The number of hydrogen-bond acceptors (Lipinski definition) is 5. The van der Waals surface area contributed by atoms with Crippen molar-refractivity contribution < 1.29 is 9.59 Å². The van der Waals surface area contributed by atoms with Crippen LogP contribution in [0.3, 0.4) is 0 Å². The number of aromatic nitrogens is 2. The van der Waals surface area contributed by atoms with Crippen LogP contribution in [0.25, 0.3) is 0 Å². The Hall–Kier alpha value is -4.00. The van der Waals surface area contributed by atoms with Crippen LogP contribution in [0.4, 0.5) is 5.82 Å². The Balaban J connectivity index is 1.55. The number of nitrogens with two attached hydrogens (primary N) is 1. The highest BCUT2D eigenvalue weighted by atomic mass is 16.2. The van der Waals surface area contributed by atoms with E-state index in [1.807, 2.05) is 54.6 Å². The summed E-state index contributed by atoms with van der Waals surface area (Å²) in [5.74, 6) is -0.318. The lowest BCUT2D eigenvalue weighted by Crippen LogP contribution is -2.29. The van der Waals surface area contributed by atoms with Gasteiger partial charge in [-0.1, -0.05) is 36.4 Å². The van der Waals surface area contributed by atoms with Crippen molar-refractivity contribution in [2.24, 2.45) is 5.73 Å². The zero-order valence-corrected chi connectivity index (χ0v) is 16.9. The molecule has 0 spiro atoms. The van der Waals surface area contributed by atoms with Crippen LogP contribution >= 0.6 is 0 Å². The van der Waals surface area contributed by atoms with Gasteiger partial charge in [0.05, 0.1) is 6.42 Å². The number of benzene rings is 1. The second kappa shape index (κ2) is 9.21. The second-order valence-electron chi connectivity index (χ2n) is 7.28. The predicted octanol–water partition coefficient (Wildman–Crippen LogP) is 2.30. The average molecular weight is 413 g/mol. The van der Waals surface area contributed by atoms with Crippen LogP contribution < -0.4 is 16.4 Å². The summed E-state index contributed by atoms with van der Waals surface area (Å²) in [6.07, 6.45) is 5.89. The Kier molecular flexibility index (Phi) is 6.03. The van der Waals surface area contributed by atoms with Crippen LogP contribution in [0.2, 0.25) is 0 Å². The number of carbonyl (C=O) groups is 2. The van der Waals surface area contributed by atoms with E-state index in [1.54, 1.807) is 18.6 Å². The fourth-order valence-corrected chi connectivity index (χ4v) is 3.80. The van der Waals surface area contributed by atoms with Crippen LogP contribution in [0, 0.1) is 0 Å². The first-order chi connectivity index (χ1) is 15.1. The van der Waals surface area contributed by atoms with E-state index in [4.69, 9.17) is 5.73 Å². The molecule has 0 radical (unpaired) electrons. The molecule has 1 aliphatic heterocycles. The molecule has 7 heteroatoms. The van der Waals surface area contributed by atoms with Crippen molar-refractivity contribution in [3.63, 3.8) is 0 Å². The minimum Gasteiger partial charge on any atom is -0.366 e. The molecular formula is C24H23N5O2. The van der Waals surface area contributed by atoms with E-state index in [0.29, 0.717) is 24.4 Å². The lowest BCUT2D eigenvalue weighted by molar-refractivity contribution is -0.120. The molecule has 1 unspecified atom stereocenters. The highest BCUT2D eigenvalue weighted by Crippen LogP contribution is 2.39. The fourth-order valence-electron chi connectivity index (χ4n) is 3.80. The zero-order chi connectivity index (χ0) is 21.6. The monoisotopic (exact) mass is 413 g/mol. The Morgan fingerprint density at radius 3 is 2.55 bits per heavy atom. The van der Waals surface area contributed by atoms with Gasteiger partial charge in [0.1, 0.15) is 5.82 Å². The Bertz CT molecular complexity index is 1130. The van der Waals surface area contributed by atoms with Crippen LogP contribution in [-0.4, -0.2) is 28.3 Å². The standard InChI is InChI=1S/C24H23N5O2/c25-23(31)20-15-29-24-19(9-5-12-28-24)22(20)18-8-2-1-6-16(18)14-21(30)27-13-10-17-7-3-4-11-26-17/h1-9,11-12,15,22H,10,13-14H2,(H2,25,31)(H,27,30)(H,28,29). The van der Waals surface area contributed by atoms with E-state index in [9.17, 15) is 9.59 Å². The summed E-state index contributed by atoms with van der Waals surface area (Å²) in [6, 6.07) is 17.1. The van der Waals surface area contributed by atoms with Gasteiger partial charge >= 0.3 is 0 Å². The number of nitrogens with one attached hydrogen (secondary N) is 2. The molecule has 1 aliphatic rings. The van der Waals surface area contributed by atoms with Gasteiger partial charge in [-0.2, -0.15) is 0 Å². The molecule has 0 aliphatic carbocycles. The number of carbonyl (C=O) groups excluding carboxylic acids is 2. The molecule has 0 saturated heterocycles. The highest BCUT2D eigenvalue weighted by Gasteiger charge is 2.30. The van der Waals surface area contributed by atoms with E-state index in [-0.39, 0.29) is 18.2 Å². The summed E-state index contributed by atoms with van der Waals surface area (Å²) in [7, 11) is 0. The van der Waals surface area contributed by atoms with Crippen LogP contribution in [0.15, 0.2) is 78.8 Å². The maximum absolute atomic E-state index is 12.6. The van der Waals surface area contributed by atoms with Gasteiger partial charge in [-0.3, -0.25) is 14.6 Å². The molecule has 4 rings (SSSR count). The normalized spacial score (nSPS) is 14.7. The highest BCUT2D eigenvalue weighted by molar-refractivity contribution is 5.96. The molecule has 7 nitrogen and oxygen atoms in total. The third kappa shape index (κ3) is 4.61. The lowest BCUT2D eigenvalue weighted by Gasteiger charge is -2.27. The maximum atomic E-state index is 12.6. The molecule has 3 aromatic rings. The van der Waals surface area contributed by atoms with Crippen LogP contribution in [-0.2, 0) is 22.4 Å². The Morgan fingerprint density at radius 1 is 0.968 bits per heavy atom. The van der Waals surface area contributed by atoms with Crippen molar-refractivity contribution in [1.82, 2.24) is 15.3 Å². The quantitative estimate of drug-likeness (QED) is 0.551. The molecule has 1 atom stereocenters. The van der Waals surface area contributed by atoms with E-state index >= 15 is 0 Å². The summed E-state index contributed by atoms with van der Waals surface area (Å²) in [4.78, 5) is 33.4. The first-order valence-corrected chi connectivity index (χ1v) is 10.1. The molecule has 156 valence electrons. The largest absolute Gasteiger partial charge is 0.366 e. The van der Waals surface area contributed by atoms with Crippen molar-refractivity contribution in [1.29, 1.82) is 0 Å². The van der Waals surface area contributed by atoms with Gasteiger partial charge in [-0.25, -0.2) is 4.98 Å². The first kappa shape index (κ1) is 20.3. The van der Waals surface area contributed by atoms with Gasteiger partial charge in [-0.15, -0.1) is 0 Å². The van der Waals surface area contributed by atoms with Gasteiger partial charge in [0.15, 0.2) is 0 Å². The van der Waals surface area contributed by atoms with E-state index in [2.05, 4.69) is 20.6 Å². The fraction of sp³-hybridized carbons (Fsp3) is 0.167. The second-order valence-corrected chi connectivity index (χ2v) is 7.28. The number of fused-ring (bicyclic) bond motifs is 1. The minimum absolute atomic E-state index is 0.0895. The number of amides is 2. The summed E-state index contributed by atoms with van der Waals surface area (Å²) in [6.45, 7) is 0.505. The van der Waals surface area contributed by atoms with Crippen LogP contribution in [0.1, 0.15) is 28.3 Å². The molecule has 2 aromatic heterocycles. The van der Waals surface area contributed by atoms with Crippen molar-refractivity contribution in [2.45, 2.75) is 18.8 Å². The van der Waals surface area contributed by atoms with E-state index in [1.165, 1.54) is 0 Å². The summed E-state index contributed by atoms with van der Waals surface area (Å²) < 4.78 is 0. The third-order valence-electron chi connectivity index (χ3n) is 5.26. The summed E-state index contributed by atoms with van der Waals surface area (Å²) in [5.41, 5.74) is 9.59. The molecule has 0 bridgehead atoms. The SMILES string of the molecule is NC(=O)C1=CNc2ncccc2C1c1ccccc1CC(=O)NCCc1ccccn1. The summed E-state index contributed by atoms with van der Waals surface area (Å²) >= 11 is 0. The number of nitrogens with zero attached hydrogens (tertiary/aromatic N) is 2. The summed E-state index contributed by atoms with van der Waals surface area (Å²) in [5, 5.41) is 5.99. The van der Waals surface area contributed by atoms with Crippen molar-refractivity contribution in [2.75, 3.05) is 11.9 Å². The van der Waals surface area contributed by atoms with Gasteiger partial charge < -0.3 is 16.4 Å². The van der Waals surface area contributed by atoms with Crippen molar-refractivity contribution >= 4 is 17.6 Å². The minimum atomic E-state index is -0.512. The van der Waals surface area contributed by atoms with Gasteiger partial charge in [0.25, 0.3) is 0 Å². The number of rotatable bonds is 7. The number of hydrogen-bond donors (Lipinski definition) is 3. The molecule has 2 amide bonds. The maximum Gasteiger partial charge on any atom is 0.247 e. The third-order valence-corrected chi connectivity index (χ3v) is 5.26. The number of pyridine rings is 2. The number of anilines is 1. The van der Waals surface area contributed by atoms with Crippen molar-refractivity contribution in [3.8, 4) is 0 Å².